The van der Waals surface area contributed by atoms with Crippen LogP contribution >= 0.6 is 0 Å². The molecule has 4 rings (SSSR count). The Bertz CT molecular complexity index is 779. The third-order valence-electron chi connectivity index (χ3n) is 6.03. The van der Waals surface area contributed by atoms with Gasteiger partial charge in [-0.3, -0.25) is 9.69 Å². The maximum atomic E-state index is 13.2. The molecule has 1 aromatic carbocycles. The molecule has 1 unspecified atom stereocenters. The summed E-state index contributed by atoms with van der Waals surface area (Å²) in [5.74, 6) is 0.0624. The maximum Gasteiger partial charge on any atom is 0.299 e. The summed E-state index contributed by atoms with van der Waals surface area (Å²) in [6, 6.07) is 8.84. The lowest BCUT2D eigenvalue weighted by Gasteiger charge is -2.44. The van der Waals surface area contributed by atoms with Crippen LogP contribution in [0.4, 0.5) is 6.01 Å². The number of para-hydroxylation sites is 2. The predicted octanol–water partition coefficient (Wildman–Crippen LogP) is 2.33. The number of hydrogen-bond donors (Lipinski definition) is 2. The number of carbonyl (C=O) groups is 1. The van der Waals surface area contributed by atoms with Gasteiger partial charge in [-0.2, -0.15) is 4.98 Å². The van der Waals surface area contributed by atoms with Gasteiger partial charge in [0, 0.05) is 31.7 Å². The average molecular weight is 386 g/mol. The molecule has 2 aliphatic rings. The first-order chi connectivity index (χ1) is 13.5. The average Bonchev–Trinajstić information content (AvgIpc) is 3.12. The van der Waals surface area contributed by atoms with E-state index in [0.29, 0.717) is 18.1 Å². The number of nitrogens with zero attached hydrogens (tertiary/aromatic N) is 3. The lowest BCUT2D eigenvalue weighted by Crippen LogP contribution is -2.63. The Morgan fingerprint density at radius 3 is 2.75 bits per heavy atom. The number of carbonyl (C=O) groups excluding carboxylic acids is 1. The van der Waals surface area contributed by atoms with Gasteiger partial charge in [-0.05, 0) is 52.2 Å². The number of fused-ring (bicyclic) bond motifs is 1. The number of hydrogen-bond acceptors (Lipinski definition) is 6. The van der Waals surface area contributed by atoms with Crippen LogP contribution in [0.5, 0.6) is 0 Å². The Kier molecular flexibility index (Phi) is 5.55. The van der Waals surface area contributed by atoms with Crippen LogP contribution in [0.15, 0.2) is 28.7 Å². The Morgan fingerprint density at radius 1 is 1.25 bits per heavy atom. The summed E-state index contributed by atoms with van der Waals surface area (Å²) in [6.07, 6.45) is 2.91. The second kappa shape index (κ2) is 8.09. The molecule has 7 heteroatoms. The number of benzene rings is 1. The van der Waals surface area contributed by atoms with Crippen LogP contribution in [0.2, 0.25) is 0 Å². The number of piperazine rings is 1. The third-order valence-corrected chi connectivity index (χ3v) is 6.03. The zero-order chi connectivity index (χ0) is 19.7. The van der Waals surface area contributed by atoms with Gasteiger partial charge >= 0.3 is 0 Å². The van der Waals surface area contributed by atoms with E-state index < -0.39 is 0 Å². The second-order valence-electron chi connectivity index (χ2n) is 8.16. The zero-order valence-corrected chi connectivity index (χ0v) is 17.0. The first-order valence-corrected chi connectivity index (χ1v) is 10.5. The molecule has 4 atom stereocenters. The summed E-state index contributed by atoms with van der Waals surface area (Å²) in [7, 11) is 0. The van der Waals surface area contributed by atoms with Crippen LogP contribution in [-0.2, 0) is 4.79 Å². The molecular weight excluding hydrogens is 354 g/mol. The van der Waals surface area contributed by atoms with E-state index in [2.05, 4.69) is 41.3 Å². The van der Waals surface area contributed by atoms with Gasteiger partial charge in [0.1, 0.15) is 11.6 Å². The van der Waals surface area contributed by atoms with Gasteiger partial charge in [-0.1, -0.05) is 12.1 Å². The van der Waals surface area contributed by atoms with E-state index in [1.54, 1.807) is 0 Å². The Labute approximate surface area is 166 Å². The summed E-state index contributed by atoms with van der Waals surface area (Å²) >= 11 is 0. The monoisotopic (exact) mass is 385 g/mol. The molecule has 1 amide bonds. The Morgan fingerprint density at radius 2 is 2.00 bits per heavy atom. The highest BCUT2D eigenvalue weighted by Crippen LogP contribution is 2.28. The summed E-state index contributed by atoms with van der Waals surface area (Å²) in [4.78, 5) is 22.2. The van der Waals surface area contributed by atoms with Crippen molar-refractivity contribution < 1.29 is 9.21 Å². The van der Waals surface area contributed by atoms with Crippen LogP contribution in [0.3, 0.4) is 0 Å². The number of oxazole rings is 1. The standard InChI is InChI=1S/C21H31N5O2/c1-14-12-22-13-15(2)26(14)16(3)23-20(27)18-9-6-7-11-25(18)21-24-17-8-4-5-10-19(17)28-21/h4-5,8,10,14-16,18,22H,6-7,9,11-13H2,1-3H3,(H,23,27)/t14-,15+,16?,18-/m0/s1. The fourth-order valence-corrected chi connectivity index (χ4v) is 4.70. The van der Waals surface area contributed by atoms with E-state index in [1.165, 1.54) is 0 Å². The van der Waals surface area contributed by atoms with Crippen molar-refractivity contribution in [1.82, 2.24) is 20.5 Å². The van der Waals surface area contributed by atoms with Gasteiger partial charge in [-0.15, -0.1) is 0 Å². The summed E-state index contributed by atoms with van der Waals surface area (Å²) in [6.45, 7) is 9.18. The number of rotatable bonds is 4. The van der Waals surface area contributed by atoms with E-state index in [-0.39, 0.29) is 18.1 Å². The normalized spacial score (nSPS) is 27.7. The molecule has 0 saturated carbocycles. The molecule has 0 bridgehead atoms. The fraction of sp³-hybridized carbons (Fsp3) is 0.619. The van der Waals surface area contributed by atoms with Crippen molar-refractivity contribution in [2.45, 2.75) is 64.3 Å². The van der Waals surface area contributed by atoms with E-state index >= 15 is 0 Å². The van der Waals surface area contributed by atoms with Crippen molar-refractivity contribution in [3.8, 4) is 0 Å². The van der Waals surface area contributed by atoms with Crippen molar-refractivity contribution >= 4 is 23.0 Å². The Hall–Kier alpha value is -2.12. The van der Waals surface area contributed by atoms with Gasteiger partial charge in [0.2, 0.25) is 5.91 Å². The van der Waals surface area contributed by atoms with Gasteiger partial charge < -0.3 is 20.0 Å². The lowest BCUT2D eigenvalue weighted by molar-refractivity contribution is -0.125. The topological polar surface area (TPSA) is 73.6 Å². The Balaban J connectivity index is 1.49. The van der Waals surface area contributed by atoms with Crippen molar-refractivity contribution in [3.05, 3.63) is 24.3 Å². The molecule has 7 nitrogen and oxygen atoms in total. The minimum atomic E-state index is -0.238. The van der Waals surface area contributed by atoms with Crippen molar-refractivity contribution in [2.75, 3.05) is 24.5 Å². The molecule has 152 valence electrons. The number of piperidine rings is 1. The molecular formula is C21H31N5O2. The molecule has 2 N–H and O–H groups in total. The van der Waals surface area contributed by atoms with Crippen molar-refractivity contribution in [2.24, 2.45) is 0 Å². The first kappa shape index (κ1) is 19.2. The van der Waals surface area contributed by atoms with Crippen LogP contribution in [-0.4, -0.2) is 59.7 Å². The predicted molar refractivity (Wildman–Crippen MR) is 110 cm³/mol. The molecule has 2 fully saturated rings. The summed E-state index contributed by atoms with van der Waals surface area (Å²) < 4.78 is 5.96. The molecule has 1 aromatic heterocycles. The van der Waals surface area contributed by atoms with E-state index in [1.807, 2.05) is 29.2 Å². The van der Waals surface area contributed by atoms with Crippen LogP contribution in [0.1, 0.15) is 40.0 Å². The number of aromatic nitrogens is 1. The van der Waals surface area contributed by atoms with Gasteiger partial charge in [0.15, 0.2) is 5.58 Å². The maximum absolute atomic E-state index is 13.2. The summed E-state index contributed by atoms with van der Waals surface area (Å²) in [5.41, 5.74) is 1.60. The quantitative estimate of drug-likeness (QED) is 0.842. The van der Waals surface area contributed by atoms with Crippen LogP contribution < -0.4 is 15.5 Å². The van der Waals surface area contributed by atoms with E-state index in [9.17, 15) is 4.79 Å². The fourth-order valence-electron chi connectivity index (χ4n) is 4.70. The second-order valence-corrected chi connectivity index (χ2v) is 8.16. The lowest BCUT2D eigenvalue weighted by atomic mass is 10.0. The summed E-state index contributed by atoms with van der Waals surface area (Å²) in [5, 5.41) is 6.71. The van der Waals surface area contributed by atoms with Crippen LogP contribution in [0.25, 0.3) is 11.1 Å². The smallest absolute Gasteiger partial charge is 0.299 e. The first-order valence-electron chi connectivity index (χ1n) is 10.5. The molecule has 28 heavy (non-hydrogen) atoms. The minimum Gasteiger partial charge on any atom is -0.423 e. The molecule has 2 aromatic rings. The van der Waals surface area contributed by atoms with Gasteiger partial charge in [0.25, 0.3) is 6.01 Å². The van der Waals surface area contributed by atoms with Gasteiger partial charge in [-0.25, -0.2) is 0 Å². The largest absolute Gasteiger partial charge is 0.423 e. The molecule has 3 heterocycles. The SMILES string of the molecule is CC(NC(=O)[C@@H]1CCCCN1c1nc2ccccc2o1)N1[C@H](C)CNC[C@@H]1C. The molecule has 2 aliphatic heterocycles. The molecule has 0 spiro atoms. The molecule has 0 aliphatic carbocycles. The molecule has 2 saturated heterocycles. The number of nitrogens with one attached hydrogen (secondary N) is 2. The molecule has 0 radical (unpaired) electrons. The number of amides is 1. The van der Waals surface area contributed by atoms with Crippen molar-refractivity contribution in [3.63, 3.8) is 0 Å². The van der Waals surface area contributed by atoms with Crippen LogP contribution in [0, 0.1) is 0 Å². The third kappa shape index (κ3) is 3.73. The highest BCUT2D eigenvalue weighted by atomic mass is 16.4. The van der Waals surface area contributed by atoms with Gasteiger partial charge in [0.05, 0.1) is 6.17 Å². The highest BCUT2D eigenvalue weighted by molar-refractivity contribution is 5.85. The highest BCUT2D eigenvalue weighted by Gasteiger charge is 2.35. The van der Waals surface area contributed by atoms with E-state index in [0.717, 1.165) is 50.0 Å². The van der Waals surface area contributed by atoms with E-state index in [4.69, 9.17) is 4.42 Å². The number of anilines is 1. The zero-order valence-electron chi connectivity index (χ0n) is 17.0. The van der Waals surface area contributed by atoms with Crippen molar-refractivity contribution in [1.29, 1.82) is 0 Å². The minimum absolute atomic E-state index is 0.00740.